The van der Waals surface area contributed by atoms with Gasteiger partial charge in [-0.2, -0.15) is 0 Å². The molecule has 8 rings (SSSR count). The van der Waals surface area contributed by atoms with E-state index in [9.17, 15) is 20.4 Å². The van der Waals surface area contributed by atoms with E-state index in [-0.39, 0.29) is 41.1 Å². The third-order valence-electron chi connectivity index (χ3n) is 10.0. The van der Waals surface area contributed by atoms with Crippen molar-refractivity contribution in [2.75, 3.05) is 0 Å². The summed E-state index contributed by atoms with van der Waals surface area (Å²) in [6.07, 6.45) is 14.9. The lowest BCUT2D eigenvalue weighted by Gasteiger charge is -2.48. The minimum absolute atomic E-state index is 0.101. The van der Waals surface area contributed by atoms with Crippen molar-refractivity contribution >= 4 is 32.3 Å². The monoisotopic (exact) mass is 540 g/mol. The molecule has 4 N–H and O–H groups in total. The summed E-state index contributed by atoms with van der Waals surface area (Å²) in [5.74, 6) is -0.403. The van der Waals surface area contributed by atoms with E-state index >= 15 is 0 Å². The van der Waals surface area contributed by atoms with E-state index in [4.69, 9.17) is 0 Å². The van der Waals surface area contributed by atoms with Crippen LogP contribution in [0, 0.1) is 23.7 Å². The number of benzene rings is 4. The van der Waals surface area contributed by atoms with Gasteiger partial charge >= 0.3 is 0 Å². The molecule has 4 nitrogen and oxygen atoms in total. The Kier molecular flexibility index (Phi) is 5.53. The van der Waals surface area contributed by atoms with Crippen LogP contribution in [-0.4, -0.2) is 32.6 Å². The third-order valence-corrected chi connectivity index (χ3v) is 10.0. The zero-order valence-corrected chi connectivity index (χ0v) is 22.6. The van der Waals surface area contributed by atoms with Crippen molar-refractivity contribution in [3.05, 3.63) is 131 Å². The Balaban J connectivity index is 1.40. The van der Waals surface area contributed by atoms with Gasteiger partial charge in [0.25, 0.3) is 0 Å². The van der Waals surface area contributed by atoms with Crippen LogP contribution >= 0.6 is 0 Å². The van der Waals surface area contributed by atoms with Crippen LogP contribution in [0.4, 0.5) is 0 Å². The van der Waals surface area contributed by atoms with Crippen molar-refractivity contribution in [1.29, 1.82) is 0 Å². The maximum absolute atomic E-state index is 11.8. The SMILES string of the molecule is OC1=CC2=CC[C@H](O)[C@@H](C(c3ccc4ccc5cccc6ccc3c4c56)C3[C@H](O)CC=C4C=C(O)C=C[C@H]43)C2C=C1. The van der Waals surface area contributed by atoms with Crippen molar-refractivity contribution < 1.29 is 20.4 Å². The van der Waals surface area contributed by atoms with Crippen molar-refractivity contribution in [2.45, 2.75) is 31.0 Å². The van der Waals surface area contributed by atoms with Gasteiger partial charge in [0.2, 0.25) is 0 Å². The Hall–Kier alpha value is -4.12. The van der Waals surface area contributed by atoms with Gasteiger partial charge in [0.15, 0.2) is 0 Å². The highest BCUT2D eigenvalue weighted by Gasteiger charge is 2.48. The van der Waals surface area contributed by atoms with E-state index in [0.29, 0.717) is 12.8 Å². The average molecular weight is 541 g/mol. The third kappa shape index (κ3) is 3.74. The summed E-state index contributed by atoms with van der Waals surface area (Å²) >= 11 is 0. The fourth-order valence-electron chi connectivity index (χ4n) is 8.30. The highest BCUT2D eigenvalue weighted by Crippen LogP contribution is 2.54. The molecule has 0 aliphatic heterocycles. The molecule has 0 bridgehead atoms. The topological polar surface area (TPSA) is 80.9 Å². The highest BCUT2D eigenvalue weighted by molar-refractivity contribution is 6.23. The molecule has 0 radical (unpaired) electrons. The fraction of sp³-hybridized carbons (Fsp3) is 0.243. The normalized spacial score (nSPS) is 30.0. The van der Waals surface area contributed by atoms with Crippen LogP contribution < -0.4 is 0 Å². The van der Waals surface area contributed by atoms with Gasteiger partial charge in [0.05, 0.1) is 12.2 Å². The van der Waals surface area contributed by atoms with Crippen LogP contribution in [0.15, 0.2) is 126 Å². The first-order valence-electron chi connectivity index (χ1n) is 14.6. The molecular weight excluding hydrogens is 508 g/mol. The number of rotatable bonds is 3. The molecule has 0 amide bonds. The molecule has 0 spiro atoms. The second-order valence-corrected chi connectivity index (χ2v) is 12.1. The van der Waals surface area contributed by atoms with Gasteiger partial charge in [-0.15, -0.1) is 0 Å². The molecule has 0 saturated carbocycles. The summed E-state index contributed by atoms with van der Waals surface area (Å²) in [6.45, 7) is 0. The summed E-state index contributed by atoms with van der Waals surface area (Å²) in [4.78, 5) is 0. The zero-order chi connectivity index (χ0) is 27.8. The molecule has 0 aromatic heterocycles. The number of aliphatic hydroxyl groups is 4. The van der Waals surface area contributed by atoms with Gasteiger partial charge in [-0.05, 0) is 92.1 Å². The number of aliphatic hydroxyl groups excluding tert-OH is 4. The number of hydrogen-bond donors (Lipinski definition) is 4. The Bertz CT molecular complexity index is 1810. The lowest BCUT2D eigenvalue weighted by atomic mass is 9.57. The number of fused-ring (bicyclic) bond motifs is 2. The summed E-state index contributed by atoms with van der Waals surface area (Å²) < 4.78 is 0. The lowest BCUT2D eigenvalue weighted by molar-refractivity contribution is 0.00632. The molecule has 204 valence electrons. The molecule has 4 aliphatic carbocycles. The van der Waals surface area contributed by atoms with Gasteiger partial charge in [-0.3, -0.25) is 0 Å². The first kappa shape index (κ1) is 24.7. The van der Waals surface area contributed by atoms with Gasteiger partial charge in [0.1, 0.15) is 11.5 Å². The van der Waals surface area contributed by atoms with Crippen molar-refractivity contribution in [1.82, 2.24) is 0 Å². The van der Waals surface area contributed by atoms with E-state index in [2.05, 4.69) is 54.6 Å². The Labute approximate surface area is 238 Å². The zero-order valence-electron chi connectivity index (χ0n) is 22.6. The van der Waals surface area contributed by atoms with Gasteiger partial charge in [-0.25, -0.2) is 0 Å². The molecule has 3 unspecified atom stereocenters. The minimum atomic E-state index is -0.622. The van der Waals surface area contributed by atoms with Gasteiger partial charge in [-0.1, -0.05) is 78.9 Å². The summed E-state index contributed by atoms with van der Waals surface area (Å²) in [6, 6.07) is 19.6. The first-order valence-corrected chi connectivity index (χ1v) is 14.6. The molecule has 0 saturated heterocycles. The Morgan fingerprint density at radius 2 is 1.12 bits per heavy atom. The maximum atomic E-state index is 11.8. The summed E-state index contributed by atoms with van der Waals surface area (Å²) in [5.41, 5.74) is 3.16. The quantitative estimate of drug-likeness (QED) is 0.202. The van der Waals surface area contributed by atoms with Crippen LogP contribution in [0.2, 0.25) is 0 Å². The fourth-order valence-corrected chi connectivity index (χ4v) is 8.30. The summed E-state index contributed by atoms with van der Waals surface area (Å²) in [7, 11) is 0. The lowest BCUT2D eigenvalue weighted by Crippen LogP contribution is -2.45. The number of allylic oxidation sites excluding steroid dienone is 8. The maximum Gasteiger partial charge on any atom is 0.115 e. The van der Waals surface area contributed by atoms with Crippen LogP contribution in [0.25, 0.3) is 32.3 Å². The number of hydrogen-bond acceptors (Lipinski definition) is 4. The molecule has 0 fully saturated rings. The van der Waals surface area contributed by atoms with Crippen LogP contribution in [0.5, 0.6) is 0 Å². The Morgan fingerprint density at radius 3 is 1.71 bits per heavy atom. The molecule has 4 heteroatoms. The van der Waals surface area contributed by atoms with Crippen molar-refractivity contribution in [3.8, 4) is 0 Å². The largest absolute Gasteiger partial charge is 0.508 e. The summed E-state index contributed by atoms with van der Waals surface area (Å²) in [5, 5.41) is 51.4. The predicted molar refractivity (Wildman–Crippen MR) is 164 cm³/mol. The van der Waals surface area contributed by atoms with Crippen molar-refractivity contribution in [2.24, 2.45) is 23.7 Å². The molecule has 0 heterocycles. The molecule has 7 atom stereocenters. The second kappa shape index (κ2) is 9.20. The molecule has 4 aromatic carbocycles. The van der Waals surface area contributed by atoms with Crippen molar-refractivity contribution in [3.63, 3.8) is 0 Å². The van der Waals surface area contributed by atoms with Crippen LogP contribution in [-0.2, 0) is 0 Å². The molecule has 4 aliphatic rings. The van der Waals surface area contributed by atoms with Gasteiger partial charge < -0.3 is 20.4 Å². The van der Waals surface area contributed by atoms with E-state index in [1.165, 1.54) is 26.9 Å². The van der Waals surface area contributed by atoms with E-state index in [1.807, 2.05) is 36.5 Å². The standard InChI is InChI=1S/C37H32O4/c38-25-10-14-27-23(18-25)8-16-31(40)35(27)37(36-28-15-11-26(39)19-24(28)9-17-32(36)41)30-13-7-22-5-4-20-2-1-3-21-6-12-29(30)34(22)33(20)21/h1-15,18-19,27-28,31-32,35-41H,16-17H2/t27-,28?,31-,32+,35?,36+,37?/m1/s1. The Morgan fingerprint density at radius 1 is 0.610 bits per heavy atom. The first-order chi connectivity index (χ1) is 20.0. The molecule has 4 aromatic rings. The smallest absolute Gasteiger partial charge is 0.115 e. The van der Waals surface area contributed by atoms with Crippen LogP contribution in [0.1, 0.15) is 24.3 Å². The molecule has 41 heavy (non-hydrogen) atoms. The van der Waals surface area contributed by atoms with E-state index in [0.717, 1.165) is 22.1 Å². The second-order valence-electron chi connectivity index (χ2n) is 12.1. The van der Waals surface area contributed by atoms with Crippen LogP contribution in [0.3, 0.4) is 0 Å². The average Bonchev–Trinajstić information content (AvgIpc) is 2.98. The highest BCUT2D eigenvalue weighted by atomic mass is 16.3. The van der Waals surface area contributed by atoms with E-state index in [1.54, 1.807) is 12.2 Å². The minimum Gasteiger partial charge on any atom is -0.508 e. The molecular formula is C37H32O4. The predicted octanol–water partition coefficient (Wildman–Crippen LogP) is 7.54. The van der Waals surface area contributed by atoms with Gasteiger partial charge in [0, 0.05) is 23.7 Å². The van der Waals surface area contributed by atoms with E-state index < -0.39 is 12.2 Å².